The lowest BCUT2D eigenvalue weighted by molar-refractivity contribution is 0.616. The average molecular weight is 177 g/mol. The molecule has 0 radical (unpaired) electrons. The van der Waals surface area contributed by atoms with Crippen LogP contribution in [0.1, 0.15) is 0 Å². The minimum absolute atomic E-state index is 1.16. The smallest absolute Gasteiger partial charge is 0.195 e. The second-order valence-corrected chi connectivity index (χ2v) is 1.55. The molecule has 0 atom stereocenters. The molecule has 0 unspecified atom stereocenters. The van der Waals surface area contributed by atoms with Gasteiger partial charge in [-0.3, -0.25) is 0 Å². The van der Waals surface area contributed by atoms with Gasteiger partial charge in [0, 0.05) is 0 Å². The molecule has 0 aliphatic rings. The molecule has 0 N–H and O–H groups in total. The van der Waals surface area contributed by atoms with Crippen LogP contribution in [-0.4, -0.2) is 0 Å². The highest BCUT2D eigenvalue weighted by atomic mass is 79.9. The van der Waals surface area contributed by atoms with Gasteiger partial charge in [-0.15, -0.1) is 0 Å². The lowest BCUT2D eigenvalue weighted by Crippen LogP contribution is -1.51. The molecule has 0 saturated heterocycles. The summed E-state index contributed by atoms with van der Waals surface area (Å²) in [5.41, 5.74) is 0. The number of hydrogen-bond acceptors (Lipinski definition) is 0. The highest BCUT2D eigenvalue weighted by Gasteiger charge is 1.92. The Morgan fingerprint density at radius 2 is 1.67 bits per heavy atom. The SMILES string of the molecule is F/C(Cl)=C(\F)Br. The van der Waals surface area contributed by atoms with Crippen molar-refractivity contribution in [2.45, 2.75) is 0 Å². The summed E-state index contributed by atoms with van der Waals surface area (Å²) in [5, 5.41) is -1.35. The van der Waals surface area contributed by atoms with Crippen LogP contribution in [0.25, 0.3) is 0 Å². The molecule has 0 aliphatic heterocycles. The molecular formula is C2BrClF2. The van der Waals surface area contributed by atoms with Crippen LogP contribution in [0.3, 0.4) is 0 Å². The third-order valence-corrected chi connectivity index (χ3v) is 0.885. The van der Waals surface area contributed by atoms with E-state index in [2.05, 4.69) is 27.5 Å². The maximum absolute atomic E-state index is 11.1. The largest absolute Gasteiger partial charge is 0.232 e. The third kappa shape index (κ3) is 2.60. The van der Waals surface area contributed by atoms with Gasteiger partial charge in [-0.1, -0.05) is 0 Å². The van der Waals surface area contributed by atoms with E-state index in [-0.39, 0.29) is 0 Å². The summed E-state index contributed by atoms with van der Waals surface area (Å²) in [5.74, 6) is 0. The lowest BCUT2D eigenvalue weighted by Gasteiger charge is -1.73. The van der Waals surface area contributed by atoms with E-state index in [0.29, 0.717) is 0 Å². The Balaban J connectivity index is 3.68. The number of hydrogen-bond donors (Lipinski definition) is 0. The first kappa shape index (κ1) is 6.37. The van der Waals surface area contributed by atoms with Crippen molar-refractivity contribution in [2.24, 2.45) is 0 Å². The van der Waals surface area contributed by atoms with E-state index in [0.717, 1.165) is 0 Å². The van der Waals surface area contributed by atoms with E-state index >= 15 is 0 Å². The van der Waals surface area contributed by atoms with E-state index in [1.807, 2.05) is 0 Å². The molecule has 6 heavy (non-hydrogen) atoms. The molecule has 0 bridgehead atoms. The molecule has 0 aromatic heterocycles. The molecule has 0 amide bonds. The van der Waals surface area contributed by atoms with E-state index in [4.69, 9.17) is 0 Å². The normalized spacial score (nSPS) is 14.0. The number of halogens is 4. The quantitative estimate of drug-likeness (QED) is 0.534. The fourth-order valence-corrected chi connectivity index (χ4v) is 0. The Labute approximate surface area is 46.9 Å². The standard InChI is InChI=1S/C2BrClF2/c3-1(5)2(4)6/b2-1-. The van der Waals surface area contributed by atoms with Gasteiger partial charge in [-0.25, -0.2) is 0 Å². The molecule has 36 valence electrons. The molecule has 0 heterocycles. The summed E-state index contributed by atoms with van der Waals surface area (Å²) < 4.78 is 21.0. The Morgan fingerprint density at radius 3 is 1.67 bits per heavy atom. The van der Waals surface area contributed by atoms with Crippen LogP contribution >= 0.6 is 27.5 Å². The highest BCUT2D eigenvalue weighted by molar-refractivity contribution is 9.11. The van der Waals surface area contributed by atoms with Crippen molar-refractivity contribution in [1.29, 1.82) is 0 Å². The van der Waals surface area contributed by atoms with Gasteiger partial charge >= 0.3 is 0 Å². The Hall–Kier alpha value is 0.370. The Bertz CT molecular complexity index is 61.6. The minimum atomic E-state index is -1.35. The van der Waals surface area contributed by atoms with Crippen LogP contribution in [0.4, 0.5) is 8.78 Å². The summed E-state index contributed by atoms with van der Waals surface area (Å²) in [4.78, 5) is 0. The van der Waals surface area contributed by atoms with Crippen LogP contribution in [-0.2, 0) is 0 Å². The molecule has 0 nitrogen and oxygen atoms in total. The van der Waals surface area contributed by atoms with Gasteiger partial charge in [-0.2, -0.15) is 8.78 Å². The van der Waals surface area contributed by atoms with Crippen LogP contribution in [0.5, 0.6) is 0 Å². The van der Waals surface area contributed by atoms with Crippen LogP contribution in [0, 0.1) is 0 Å². The van der Waals surface area contributed by atoms with Gasteiger partial charge in [0.2, 0.25) is 10.0 Å². The zero-order chi connectivity index (χ0) is 5.15. The molecule has 0 rings (SSSR count). The molecule has 0 fully saturated rings. The van der Waals surface area contributed by atoms with Crippen LogP contribution < -0.4 is 0 Å². The van der Waals surface area contributed by atoms with Crippen molar-refractivity contribution >= 4 is 27.5 Å². The zero-order valence-corrected chi connectivity index (χ0v) is 4.85. The topological polar surface area (TPSA) is 0 Å². The van der Waals surface area contributed by atoms with Gasteiger partial charge in [0.1, 0.15) is 0 Å². The Morgan fingerprint density at radius 1 is 1.50 bits per heavy atom. The molecular weight excluding hydrogens is 177 g/mol. The Kier molecular flexibility index (Phi) is 2.68. The lowest BCUT2D eigenvalue weighted by atomic mass is 11.1. The maximum Gasteiger partial charge on any atom is 0.232 e. The molecule has 0 aliphatic carbocycles. The fraction of sp³-hybridized carbons (Fsp3) is 0. The van der Waals surface area contributed by atoms with Crippen molar-refractivity contribution in [1.82, 2.24) is 0 Å². The first-order chi connectivity index (χ1) is 2.64. The average Bonchev–Trinajstić information content (AvgIpc) is 1.36. The predicted octanol–water partition coefficient (Wildman–Crippen LogP) is 2.69. The first-order valence-electron chi connectivity index (χ1n) is 1.01. The van der Waals surface area contributed by atoms with Gasteiger partial charge in [0.25, 0.3) is 0 Å². The predicted molar refractivity (Wildman–Crippen MR) is 24.0 cm³/mol. The summed E-state index contributed by atoms with van der Waals surface area (Å²) in [7, 11) is 0. The summed E-state index contributed by atoms with van der Waals surface area (Å²) >= 11 is 6.55. The highest BCUT2D eigenvalue weighted by Crippen LogP contribution is 2.16. The monoisotopic (exact) mass is 176 g/mol. The van der Waals surface area contributed by atoms with Crippen LogP contribution in [0.2, 0.25) is 0 Å². The van der Waals surface area contributed by atoms with Gasteiger partial charge in [0.05, 0.1) is 0 Å². The van der Waals surface area contributed by atoms with Gasteiger partial charge < -0.3 is 0 Å². The molecule has 0 aromatic carbocycles. The van der Waals surface area contributed by atoms with Crippen molar-refractivity contribution < 1.29 is 8.78 Å². The van der Waals surface area contributed by atoms with Crippen molar-refractivity contribution in [3.63, 3.8) is 0 Å². The third-order valence-electron chi connectivity index (χ3n) is 0.143. The van der Waals surface area contributed by atoms with Gasteiger partial charge in [0.15, 0.2) is 0 Å². The molecule has 0 saturated carbocycles. The van der Waals surface area contributed by atoms with Crippen molar-refractivity contribution in [3.8, 4) is 0 Å². The van der Waals surface area contributed by atoms with E-state index in [1.54, 1.807) is 0 Å². The van der Waals surface area contributed by atoms with E-state index in [9.17, 15) is 8.78 Å². The van der Waals surface area contributed by atoms with Crippen molar-refractivity contribution in [2.75, 3.05) is 0 Å². The minimum Gasteiger partial charge on any atom is -0.195 e. The van der Waals surface area contributed by atoms with Gasteiger partial charge in [-0.05, 0) is 27.5 Å². The van der Waals surface area contributed by atoms with Crippen LogP contribution in [0.15, 0.2) is 10.0 Å². The van der Waals surface area contributed by atoms with Crippen molar-refractivity contribution in [3.05, 3.63) is 10.0 Å². The summed E-state index contributed by atoms with van der Waals surface area (Å²) in [6.45, 7) is 0. The molecule has 4 heteroatoms. The number of rotatable bonds is 0. The second kappa shape index (κ2) is 2.53. The molecule has 0 aromatic rings. The summed E-state index contributed by atoms with van der Waals surface area (Å²) in [6.07, 6.45) is 0. The first-order valence-corrected chi connectivity index (χ1v) is 2.18. The fourth-order valence-electron chi connectivity index (χ4n) is 0. The van der Waals surface area contributed by atoms with E-state index < -0.39 is 10.0 Å². The molecule has 0 spiro atoms. The maximum atomic E-state index is 11.1. The summed E-state index contributed by atoms with van der Waals surface area (Å²) in [6, 6.07) is 0. The second-order valence-electron chi connectivity index (χ2n) is 0.521. The zero-order valence-electron chi connectivity index (χ0n) is 2.51. The van der Waals surface area contributed by atoms with E-state index in [1.165, 1.54) is 0 Å².